The van der Waals surface area contributed by atoms with Gasteiger partial charge in [0.05, 0.1) is 18.8 Å². The number of hydrogen-bond acceptors (Lipinski definition) is 5. The van der Waals surface area contributed by atoms with E-state index in [4.69, 9.17) is 9.47 Å². The molecule has 2 heterocycles. The monoisotopic (exact) mass is 324 g/mol. The number of aromatic nitrogens is 2. The van der Waals surface area contributed by atoms with Crippen LogP contribution in [-0.4, -0.2) is 45.6 Å². The third-order valence-electron chi connectivity index (χ3n) is 3.34. The van der Waals surface area contributed by atoms with Gasteiger partial charge in [-0.2, -0.15) is 5.10 Å². The van der Waals surface area contributed by atoms with Crippen LogP contribution >= 0.6 is 0 Å². The van der Waals surface area contributed by atoms with Crippen LogP contribution in [0.25, 0.3) is 0 Å². The van der Waals surface area contributed by atoms with E-state index in [1.54, 1.807) is 23.6 Å². The second kappa shape index (κ2) is 6.47. The van der Waals surface area contributed by atoms with E-state index >= 15 is 0 Å². The van der Waals surface area contributed by atoms with E-state index in [0.29, 0.717) is 25.3 Å². The summed E-state index contributed by atoms with van der Waals surface area (Å²) >= 11 is 0. The van der Waals surface area contributed by atoms with Crippen LogP contribution in [0.4, 0.5) is 15.4 Å². The number of nitrogens with one attached hydrogen (secondary N) is 1. The Bertz CT molecular complexity index is 603. The van der Waals surface area contributed by atoms with Crippen LogP contribution in [0, 0.1) is 0 Å². The van der Waals surface area contributed by atoms with Gasteiger partial charge in [-0.05, 0) is 27.7 Å². The zero-order chi connectivity index (χ0) is 17.2. The topological polar surface area (TPSA) is 85.7 Å². The predicted octanol–water partition coefficient (Wildman–Crippen LogP) is 2.28. The molecule has 8 nitrogen and oxygen atoms in total. The fourth-order valence-corrected chi connectivity index (χ4v) is 2.40. The molecule has 0 bridgehead atoms. The van der Waals surface area contributed by atoms with Crippen molar-refractivity contribution in [3.05, 3.63) is 11.3 Å². The third kappa shape index (κ3) is 4.14. The highest BCUT2D eigenvalue weighted by Crippen LogP contribution is 2.27. The Labute approximate surface area is 135 Å². The highest BCUT2D eigenvalue weighted by Gasteiger charge is 2.30. The molecular formula is C15H24N4O4. The Morgan fingerprint density at radius 3 is 2.65 bits per heavy atom. The summed E-state index contributed by atoms with van der Waals surface area (Å²) in [7, 11) is 1.75. The lowest BCUT2D eigenvalue weighted by Gasteiger charge is -2.29. The number of carbonyl (C=O) groups excluding carboxylic acids is 2. The summed E-state index contributed by atoms with van der Waals surface area (Å²) in [5.74, 6) is 0.548. The smallest absolute Gasteiger partial charge is 0.412 e. The average molecular weight is 324 g/mol. The van der Waals surface area contributed by atoms with Gasteiger partial charge in [-0.3, -0.25) is 10.00 Å². The summed E-state index contributed by atoms with van der Waals surface area (Å²) in [6, 6.07) is 0. The van der Waals surface area contributed by atoms with Crippen LogP contribution in [0.1, 0.15) is 39.0 Å². The van der Waals surface area contributed by atoms with Crippen molar-refractivity contribution in [2.45, 2.75) is 46.3 Å². The first-order chi connectivity index (χ1) is 10.7. The zero-order valence-corrected chi connectivity index (χ0v) is 14.3. The van der Waals surface area contributed by atoms with Gasteiger partial charge in [-0.1, -0.05) is 0 Å². The molecule has 0 atom stereocenters. The number of hydrogen-bond donors (Lipinski definition) is 1. The number of aryl methyl sites for hydroxylation is 1. The van der Waals surface area contributed by atoms with E-state index in [1.807, 2.05) is 20.8 Å². The van der Waals surface area contributed by atoms with Crippen LogP contribution in [0.5, 0.6) is 0 Å². The maximum atomic E-state index is 12.2. The second-order valence-electron chi connectivity index (χ2n) is 6.39. The summed E-state index contributed by atoms with van der Waals surface area (Å²) in [6.45, 7) is 8.41. The zero-order valence-electron chi connectivity index (χ0n) is 14.3. The van der Waals surface area contributed by atoms with Gasteiger partial charge >= 0.3 is 12.2 Å². The van der Waals surface area contributed by atoms with E-state index in [0.717, 1.165) is 11.3 Å². The molecule has 23 heavy (non-hydrogen) atoms. The number of rotatable bonds is 2. The number of nitrogens with zero attached hydrogens (tertiary/aromatic N) is 3. The Kier molecular flexibility index (Phi) is 4.82. The quantitative estimate of drug-likeness (QED) is 0.902. The van der Waals surface area contributed by atoms with Crippen molar-refractivity contribution in [3.8, 4) is 0 Å². The second-order valence-corrected chi connectivity index (χ2v) is 6.39. The van der Waals surface area contributed by atoms with E-state index in [9.17, 15) is 9.59 Å². The van der Waals surface area contributed by atoms with Gasteiger partial charge in [0.2, 0.25) is 0 Å². The molecule has 128 valence electrons. The van der Waals surface area contributed by atoms with E-state index in [-0.39, 0.29) is 12.7 Å². The Morgan fingerprint density at radius 2 is 2.04 bits per heavy atom. The van der Waals surface area contributed by atoms with Crippen LogP contribution in [0.2, 0.25) is 0 Å². The van der Waals surface area contributed by atoms with Crippen LogP contribution < -0.4 is 5.32 Å². The van der Waals surface area contributed by atoms with Crippen LogP contribution in [0.15, 0.2) is 0 Å². The minimum atomic E-state index is -0.543. The maximum Gasteiger partial charge on any atom is 0.412 e. The van der Waals surface area contributed by atoms with Crippen LogP contribution in [-0.2, 0) is 29.5 Å². The van der Waals surface area contributed by atoms with Gasteiger partial charge in [-0.15, -0.1) is 0 Å². The lowest BCUT2D eigenvalue weighted by atomic mass is 10.1. The molecule has 2 rings (SSSR count). The number of ether oxygens (including phenoxy) is 2. The van der Waals surface area contributed by atoms with Crippen molar-refractivity contribution in [3.63, 3.8) is 0 Å². The number of anilines is 1. The van der Waals surface area contributed by atoms with E-state index in [1.165, 1.54) is 0 Å². The fraction of sp³-hybridized carbons (Fsp3) is 0.667. The lowest BCUT2D eigenvalue weighted by Crippen LogP contribution is -2.40. The molecule has 1 aromatic rings. The molecule has 0 aliphatic carbocycles. The fourth-order valence-electron chi connectivity index (χ4n) is 2.40. The summed E-state index contributed by atoms with van der Waals surface area (Å²) in [4.78, 5) is 25.5. The largest absolute Gasteiger partial charge is 0.450 e. The van der Waals surface area contributed by atoms with Gasteiger partial charge in [-0.25, -0.2) is 9.59 Å². The van der Waals surface area contributed by atoms with Gasteiger partial charge in [0.1, 0.15) is 11.4 Å². The molecule has 1 aliphatic rings. The minimum Gasteiger partial charge on any atom is -0.450 e. The Balaban J connectivity index is 2.16. The molecular weight excluding hydrogens is 300 g/mol. The molecule has 0 unspecified atom stereocenters. The first-order valence-corrected chi connectivity index (χ1v) is 7.67. The van der Waals surface area contributed by atoms with Crippen molar-refractivity contribution >= 4 is 18.0 Å². The molecule has 0 saturated heterocycles. The minimum absolute atomic E-state index is 0.288. The highest BCUT2D eigenvalue weighted by atomic mass is 16.6. The number of fused-ring (bicyclic) bond motifs is 1. The summed E-state index contributed by atoms with van der Waals surface area (Å²) in [6.07, 6.45) is -0.283. The summed E-state index contributed by atoms with van der Waals surface area (Å²) in [5.41, 5.74) is 1.15. The van der Waals surface area contributed by atoms with Crippen molar-refractivity contribution in [2.75, 3.05) is 18.5 Å². The number of amides is 2. The first-order valence-electron chi connectivity index (χ1n) is 7.67. The molecule has 2 amide bonds. The molecule has 0 fully saturated rings. The van der Waals surface area contributed by atoms with Crippen molar-refractivity contribution < 1.29 is 19.1 Å². The Hall–Kier alpha value is -2.25. The molecule has 1 aromatic heterocycles. The van der Waals surface area contributed by atoms with Gasteiger partial charge < -0.3 is 14.4 Å². The highest BCUT2D eigenvalue weighted by molar-refractivity contribution is 5.85. The molecule has 0 saturated carbocycles. The first kappa shape index (κ1) is 17.1. The van der Waals surface area contributed by atoms with Crippen molar-refractivity contribution in [1.82, 2.24) is 14.7 Å². The molecule has 0 radical (unpaired) electrons. The molecule has 1 N–H and O–H groups in total. The molecule has 8 heteroatoms. The molecule has 1 aliphatic heterocycles. The molecule has 0 aromatic carbocycles. The summed E-state index contributed by atoms with van der Waals surface area (Å²) in [5, 5.41) is 7.09. The van der Waals surface area contributed by atoms with Crippen molar-refractivity contribution in [2.24, 2.45) is 7.05 Å². The van der Waals surface area contributed by atoms with Gasteiger partial charge in [0.15, 0.2) is 0 Å². The van der Waals surface area contributed by atoms with Crippen LogP contribution in [0.3, 0.4) is 0 Å². The van der Waals surface area contributed by atoms with E-state index in [2.05, 4.69) is 10.4 Å². The average Bonchev–Trinajstić information content (AvgIpc) is 2.73. The van der Waals surface area contributed by atoms with E-state index < -0.39 is 11.7 Å². The predicted molar refractivity (Wildman–Crippen MR) is 84.2 cm³/mol. The van der Waals surface area contributed by atoms with Gasteiger partial charge in [0, 0.05) is 25.6 Å². The van der Waals surface area contributed by atoms with Crippen molar-refractivity contribution in [1.29, 1.82) is 0 Å². The summed E-state index contributed by atoms with van der Waals surface area (Å²) < 4.78 is 11.9. The van der Waals surface area contributed by atoms with Gasteiger partial charge in [0.25, 0.3) is 0 Å². The third-order valence-corrected chi connectivity index (χ3v) is 3.34. The lowest BCUT2D eigenvalue weighted by molar-refractivity contribution is 0.0224. The normalized spacial score (nSPS) is 14.2. The maximum absolute atomic E-state index is 12.2. The standard InChI is InChI=1S/C15H24N4O4/c1-6-22-13(20)16-12-10-9-19(14(21)23-15(2,3)4)8-7-11(10)17-18(12)5/h6-9H2,1-5H3,(H,16,20). The Morgan fingerprint density at radius 1 is 1.35 bits per heavy atom. The molecule has 0 spiro atoms. The SMILES string of the molecule is CCOC(=O)Nc1c2c(nn1C)CCN(C(=O)OC(C)(C)C)C2. The number of carbonyl (C=O) groups is 2.